The first-order chi connectivity index (χ1) is 9.70. The third-order valence-electron chi connectivity index (χ3n) is 4.49. The van der Waals surface area contributed by atoms with Crippen LogP contribution in [0.15, 0.2) is 30.3 Å². The van der Waals surface area contributed by atoms with Crippen molar-refractivity contribution in [2.45, 2.75) is 37.8 Å². The molecular weight excluding hydrogens is 252 g/mol. The number of hydrogen-bond donors (Lipinski definition) is 1. The Morgan fingerprint density at radius 1 is 1.25 bits per heavy atom. The Bertz CT molecular complexity index is 467. The maximum absolute atomic E-state index is 12.3. The number of nitrogens with zero attached hydrogens (tertiary/aromatic N) is 1. The van der Waals surface area contributed by atoms with Crippen molar-refractivity contribution < 1.29 is 9.53 Å². The summed E-state index contributed by atoms with van der Waals surface area (Å²) in [6.07, 6.45) is 2.78. The van der Waals surface area contributed by atoms with Crippen LogP contribution in [0.1, 0.15) is 37.8 Å². The van der Waals surface area contributed by atoms with Gasteiger partial charge < -0.3 is 10.1 Å². The molecule has 0 aliphatic carbocycles. The van der Waals surface area contributed by atoms with E-state index in [9.17, 15) is 4.79 Å². The predicted molar refractivity (Wildman–Crippen MR) is 77.5 cm³/mol. The number of ether oxygens (including phenoxy) is 1. The first-order valence-electron chi connectivity index (χ1n) is 7.45. The molecule has 1 aromatic carbocycles. The molecule has 4 nitrogen and oxygen atoms in total. The summed E-state index contributed by atoms with van der Waals surface area (Å²) in [5.74, 6) is 0. The van der Waals surface area contributed by atoms with Crippen LogP contribution in [0.2, 0.25) is 0 Å². The fourth-order valence-corrected chi connectivity index (χ4v) is 3.22. The fraction of sp³-hybridized carbons (Fsp3) is 0.562. The molecule has 2 aliphatic heterocycles. The lowest BCUT2D eigenvalue weighted by atomic mass is 9.94. The molecule has 1 amide bonds. The minimum absolute atomic E-state index is 0.0688. The van der Waals surface area contributed by atoms with E-state index in [0.29, 0.717) is 6.54 Å². The molecule has 3 rings (SSSR count). The molecule has 20 heavy (non-hydrogen) atoms. The zero-order valence-corrected chi connectivity index (χ0v) is 12.0. The maximum atomic E-state index is 12.3. The third-order valence-corrected chi connectivity index (χ3v) is 4.49. The summed E-state index contributed by atoms with van der Waals surface area (Å²) in [5.41, 5.74) is 0.886. The van der Waals surface area contributed by atoms with Gasteiger partial charge in [0.1, 0.15) is 5.60 Å². The van der Waals surface area contributed by atoms with Gasteiger partial charge in [0.25, 0.3) is 0 Å². The van der Waals surface area contributed by atoms with Gasteiger partial charge in [-0.25, -0.2) is 4.79 Å². The van der Waals surface area contributed by atoms with E-state index < -0.39 is 0 Å². The van der Waals surface area contributed by atoms with Gasteiger partial charge in [-0.05, 0) is 38.4 Å². The molecule has 0 saturated carbocycles. The Morgan fingerprint density at radius 3 is 2.85 bits per heavy atom. The highest BCUT2D eigenvalue weighted by Gasteiger charge is 2.46. The topological polar surface area (TPSA) is 41.6 Å². The Hall–Kier alpha value is -1.55. The molecule has 108 valence electrons. The molecule has 4 heteroatoms. The van der Waals surface area contributed by atoms with Crippen molar-refractivity contribution in [3.63, 3.8) is 0 Å². The SMILES string of the molecule is C[C@H](c1ccccc1)N1CC2(CCCNCC2)OC1=O. The predicted octanol–water partition coefficient (Wildman–Crippen LogP) is 2.71. The molecule has 1 N–H and O–H groups in total. The minimum Gasteiger partial charge on any atom is -0.441 e. The number of nitrogens with one attached hydrogen (secondary N) is 1. The lowest BCUT2D eigenvalue weighted by molar-refractivity contribution is 0.0469. The summed E-state index contributed by atoms with van der Waals surface area (Å²) in [7, 11) is 0. The average molecular weight is 274 g/mol. The van der Waals surface area contributed by atoms with Gasteiger partial charge in [-0.2, -0.15) is 0 Å². The van der Waals surface area contributed by atoms with E-state index in [2.05, 4.69) is 24.4 Å². The van der Waals surface area contributed by atoms with Crippen molar-refractivity contribution in [2.24, 2.45) is 0 Å². The minimum atomic E-state index is -0.274. The molecule has 2 aliphatic rings. The highest BCUT2D eigenvalue weighted by atomic mass is 16.6. The van der Waals surface area contributed by atoms with E-state index in [1.165, 1.54) is 0 Å². The van der Waals surface area contributed by atoms with Gasteiger partial charge in [-0.15, -0.1) is 0 Å². The van der Waals surface area contributed by atoms with E-state index in [1.807, 2.05) is 23.1 Å². The van der Waals surface area contributed by atoms with Crippen molar-refractivity contribution in [3.8, 4) is 0 Å². The Labute approximate surface area is 120 Å². The van der Waals surface area contributed by atoms with Crippen molar-refractivity contribution in [3.05, 3.63) is 35.9 Å². The van der Waals surface area contributed by atoms with Crippen LogP contribution in [-0.2, 0) is 4.74 Å². The zero-order chi connectivity index (χ0) is 14.0. The van der Waals surface area contributed by atoms with Gasteiger partial charge in [-0.3, -0.25) is 4.90 Å². The van der Waals surface area contributed by atoms with Gasteiger partial charge in [-0.1, -0.05) is 30.3 Å². The molecule has 2 fully saturated rings. The summed E-state index contributed by atoms with van der Waals surface area (Å²) in [6.45, 7) is 4.74. The fourth-order valence-electron chi connectivity index (χ4n) is 3.22. The Balaban J connectivity index is 1.76. The highest BCUT2D eigenvalue weighted by Crippen LogP contribution is 2.36. The van der Waals surface area contributed by atoms with Gasteiger partial charge in [0.2, 0.25) is 0 Å². The molecule has 0 aromatic heterocycles. The van der Waals surface area contributed by atoms with E-state index in [4.69, 9.17) is 4.74 Å². The average Bonchev–Trinajstić information content (AvgIpc) is 2.64. The maximum Gasteiger partial charge on any atom is 0.411 e. The van der Waals surface area contributed by atoms with Crippen molar-refractivity contribution >= 4 is 6.09 Å². The van der Waals surface area contributed by atoms with Gasteiger partial charge >= 0.3 is 6.09 Å². The zero-order valence-electron chi connectivity index (χ0n) is 12.0. The third kappa shape index (κ3) is 2.52. The van der Waals surface area contributed by atoms with Crippen molar-refractivity contribution in [2.75, 3.05) is 19.6 Å². The van der Waals surface area contributed by atoms with Crippen LogP contribution < -0.4 is 5.32 Å². The molecule has 1 aromatic rings. The highest BCUT2D eigenvalue weighted by molar-refractivity contribution is 5.71. The van der Waals surface area contributed by atoms with Crippen LogP contribution in [0.5, 0.6) is 0 Å². The lowest BCUT2D eigenvalue weighted by Crippen LogP contribution is -2.36. The van der Waals surface area contributed by atoms with E-state index in [-0.39, 0.29) is 17.7 Å². The van der Waals surface area contributed by atoms with Crippen LogP contribution in [-0.4, -0.2) is 36.2 Å². The van der Waals surface area contributed by atoms with Crippen LogP contribution in [0, 0.1) is 0 Å². The van der Waals surface area contributed by atoms with E-state index in [0.717, 1.165) is 37.9 Å². The Kier molecular flexibility index (Phi) is 3.66. The summed E-state index contributed by atoms with van der Waals surface area (Å²) >= 11 is 0. The second-order valence-corrected chi connectivity index (χ2v) is 5.87. The molecule has 0 bridgehead atoms. The summed E-state index contributed by atoms with van der Waals surface area (Å²) in [5, 5.41) is 3.38. The van der Waals surface area contributed by atoms with Crippen LogP contribution >= 0.6 is 0 Å². The summed E-state index contributed by atoms with van der Waals surface area (Å²) < 4.78 is 5.77. The van der Waals surface area contributed by atoms with Gasteiger partial charge in [0.15, 0.2) is 0 Å². The molecule has 1 unspecified atom stereocenters. The number of benzene rings is 1. The second kappa shape index (κ2) is 5.44. The normalized spacial score (nSPS) is 28.2. The van der Waals surface area contributed by atoms with E-state index in [1.54, 1.807) is 0 Å². The van der Waals surface area contributed by atoms with Gasteiger partial charge in [0.05, 0.1) is 12.6 Å². The molecule has 0 radical (unpaired) electrons. The number of carbonyl (C=O) groups excluding carboxylic acids is 1. The second-order valence-electron chi connectivity index (χ2n) is 5.87. The molecule has 2 saturated heterocycles. The van der Waals surface area contributed by atoms with Crippen LogP contribution in [0.4, 0.5) is 4.79 Å². The summed E-state index contributed by atoms with van der Waals surface area (Å²) in [4.78, 5) is 14.1. The molecule has 2 atom stereocenters. The number of hydrogen-bond acceptors (Lipinski definition) is 3. The number of amides is 1. The smallest absolute Gasteiger partial charge is 0.411 e. The summed E-state index contributed by atoms with van der Waals surface area (Å²) in [6, 6.07) is 10.2. The number of carbonyl (C=O) groups is 1. The first kappa shape index (κ1) is 13.4. The molecule has 1 spiro atoms. The van der Waals surface area contributed by atoms with Gasteiger partial charge in [0, 0.05) is 6.42 Å². The largest absolute Gasteiger partial charge is 0.441 e. The molecule has 2 heterocycles. The molecular formula is C16H22N2O2. The number of rotatable bonds is 2. The monoisotopic (exact) mass is 274 g/mol. The van der Waals surface area contributed by atoms with Crippen LogP contribution in [0.3, 0.4) is 0 Å². The van der Waals surface area contributed by atoms with Crippen molar-refractivity contribution in [1.82, 2.24) is 10.2 Å². The lowest BCUT2D eigenvalue weighted by Gasteiger charge is -2.26. The standard InChI is InChI=1S/C16H22N2O2/c1-13(14-6-3-2-4-7-14)18-12-16(20-15(18)19)8-5-10-17-11-9-16/h2-4,6-7,13,17H,5,8-12H2,1H3/t13-,16?/m1/s1. The van der Waals surface area contributed by atoms with E-state index >= 15 is 0 Å². The first-order valence-corrected chi connectivity index (χ1v) is 7.45. The van der Waals surface area contributed by atoms with Crippen molar-refractivity contribution in [1.29, 1.82) is 0 Å². The van der Waals surface area contributed by atoms with Crippen LogP contribution in [0.25, 0.3) is 0 Å². The quantitative estimate of drug-likeness (QED) is 0.901. The Morgan fingerprint density at radius 2 is 2.05 bits per heavy atom.